The summed E-state index contributed by atoms with van der Waals surface area (Å²) in [6.07, 6.45) is 3.34. The van der Waals surface area contributed by atoms with Crippen molar-refractivity contribution in [3.63, 3.8) is 0 Å². The number of nitrogens with one attached hydrogen (secondary N) is 1. The van der Waals surface area contributed by atoms with Gasteiger partial charge in [-0.1, -0.05) is 17.7 Å². The van der Waals surface area contributed by atoms with E-state index in [1.165, 1.54) is 17.1 Å². The Morgan fingerprint density at radius 1 is 1.24 bits per heavy atom. The number of rotatable bonds is 10. The number of halogens is 1. The van der Waals surface area contributed by atoms with Crippen LogP contribution in [0, 0.1) is 13.0 Å². The van der Waals surface area contributed by atoms with Gasteiger partial charge in [-0.25, -0.2) is 4.98 Å². The summed E-state index contributed by atoms with van der Waals surface area (Å²) < 4.78 is 26.1. The van der Waals surface area contributed by atoms with E-state index in [1.54, 1.807) is 36.2 Å². The Morgan fingerprint density at radius 2 is 2.03 bits per heavy atom. The standard InChI is InChI=1S/C25H30FN7O4/c1-17-4-6-20(7-5-17)36-11-10-31(2)23(34)15-33-14-18(13-28-33)29-24(35)21-12-19(16-37-21)32(3)22-8-9-27-25(26)30-22/h4-9,13-14,19,21H,10-12,15-16H2,1-3H3,(H,29,35)/t19-,21+/m1/s1. The predicted molar refractivity (Wildman–Crippen MR) is 134 cm³/mol. The summed E-state index contributed by atoms with van der Waals surface area (Å²) in [6.45, 7) is 3.13. The zero-order chi connectivity index (χ0) is 26.4. The van der Waals surface area contributed by atoms with E-state index in [-0.39, 0.29) is 24.4 Å². The van der Waals surface area contributed by atoms with Gasteiger partial charge < -0.3 is 24.6 Å². The maximum absolute atomic E-state index is 13.3. The number of carbonyl (C=O) groups excluding carboxylic acids is 2. The molecule has 3 aromatic rings. The van der Waals surface area contributed by atoms with Crippen molar-refractivity contribution in [1.29, 1.82) is 0 Å². The molecule has 1 aliphatic rings. The highest BCUT2D eigenvalue weighted by Gasteiger charge is 2.34. The van der Waals surface area contributed by atoms with Crippen LogP contribution in [0.2, 0.25) is 0 Å². The van der Waals surface area contributed by atoms with Gasteiger partial charge in [0.1, 0.15) is 30.8 Å². The number of carbonyl (C=O) groups is 2. The van der Waals surface area contributed by atoms with Crippen molar-refractivity contribution < 1.29 is 23.5 Å². The highest BCUT2D eigenvalue weighted by molar-refractivity contribution is 5.94. The number of ether oxygens (including phenoxy) is 2. The molecule has 4 rings (SSSR count). The number of hydrogen-bond donors (Lipinski definition) is 1. The lowest BCUT2D eigenvalue weighted by molar-refractivity contribution is -0.131. The van der Waals surface area contributed by atoms with Gasteiger partial charge in [0.15, 0.2) is 0 Å². The van der Waals surface area contributed by atoms with Gasteiger partial charge in [0, 0.05) is 32.9 Å². The molecule has 0 saturated carbocycles. The molecule has 0 unspecified atom stereocenters. The molecular weight excluding hydrogens is 481 g/mol. The topological polar surface area (TPSA) is 115 Å². The average molecular weight is 512 g/mol. The van der Waals surface area contributed by atoms with Crippen LogP contribution in [0.25, 0.3) is 0 Å². The molecule has 1 fully saturated rings. The van der Waals surface area contributed by atoms with Crippen LogP contribution in [0.3, 0.4) is 0 Å². The molecule has 196 valence electrons. The molecule has 11 nitrogen and oxygen atoms in total. The summed E-state index contributed by atoms with van der Waals surface area (Å²) >= 11 is 0. The van der Waals surface area contributed by atoms with E-state index >= 15 is 0 Å². The normalized spacial score (nSPS) is 16.9. The summed E-state index contributed by atoms with van der Waals surface area (Å²) in [6, 6.07) is 9.18. The lowest BCUT2D eigenvalue weighted by atomic mass is 10.1. The van der Waals surface area contributed by atoms with Gasteiger partial charge in [-0.2, -0.15) is 14.5 Å². The lowest BCUT2D eigenvalue weighted by Gasteiger charge is -2.23. The molecule has 0 bridgehead atoms. The van der Waals surface area contributed by atoms with Crippen LogP contribution in [0.1, 0.15) is 12.0 Å². The van der Waals surface area contributed by atoms with Gasteiger partial charge in [0.2, 0.25) is 5.91 Å². The molecule has 1 saturated heterocycles. The third kappa shape index (κ3) is 7.00. The molecule has 0 radical (unpaired) electrons. The van der Waals surface area contributed by atoms with E-state index in [4.69, 9.17) is 9.47 Å². The first-order chi connectivity index (χ1) is 17.8. The second-order valence-corrected chi connectivity index (χ2v) is 8.90. The van der Waals surface area contributed by atoms with Gasteiger partial charge in [0.25, 0.3) is 5.91 Å². The molecule has 37 heavy (non-hydrogen) atoms. The summed E-state index contributed by atoms with van der Waals surface area (Å²) in [5.41, 5.74) is 1.61. The fraction of sp³-hybridized carbons (Fsp3) is 0.400. The first kappa shape index (κ1) is 26.0. The van der Waals surface area contributed by atoms with Crippen molar-refractivity contribution in [3.05, 3.63) is 60.6 Å². The zero-order valence-electron chi connectivity index (χ0n) is 21.0. The number of nitrogens with zero attached hydrogens (tertiary/aromatic N) is 6. The number of anilines is 2. The summed E-state index contributed by atoms with van der Waals surface area (Å²) in [7, 11) is 3.47. The quantitative estimate of drug-likeness (QED) is 0.411. The highest BCUT2D eigenvalue weighted by Crippen LogP contribution is 2.23. The second-order valence-electron chi connectivity index (χ2n) is 8.90. The molecule has 1 aliphatic heterocycles. The zero-order valence-corrected chi connectivity index (χ0v) is 21.0. The molecule has 1 aromatic carbocycles. The Hall–Kier alpha value is -4.06. The van der Waals surface area contributed by atoms with Crippen molar-refractivity contribution in [2.45, 2.75) is 32.0 Å². The van der Waals surface area contributed by atoms with Gasteiger partial charge in [-0.15, -0.1) is 0 Å². The van der Waals surface area contributed by atoms with Crippen molar-refractivity contribution in [1.82, 2.24) is 24.6 Å². The molecule has 2 amide bonds. The van der Waals surface area contributed by atoms with E-state index in [0.29, 0.717) is 37.7 Å². The Kier molecular flexibility index (Phi) is 8.29. The van der Waals surface area contributed by atoms with Gasteiger partial charge in [0.05, 0.1) is 31.1 Å². The van der Waals surface area contributed by atoms with Crippen LogP contribution in [0.5, 0.6) is 5.75 Å². The van der Waals surface area contributed by atoms with Crippen molar-refractivity contribution >= 4 is 23.3 Å². The largest absolute Gasteiger partial charge is 0.492 e. The fourth-order valence-electron chi connectivity index (χ4n) is 3.83. The minimum Gasteiger partial charge on any atom is -0.492 e. The SMILES string of the molecule is Cc1ccc(OCCN(C)C(=O)Cn2cc(NC(=O)[C@@H]3C[C@@H](N(C)c4ccnc(F)n4)CO3)cn2)cc1. The molecular formula is C25H30FN7O4. The smallest absolute Gasteiger partial charge is 0.310 e. The molecule has 0 spiro atoms. The summed E-state index contributed by atoms with van der Waals surface area (Å²) in [5.74, 6) is 0.714. The van der Waals surface area contributed by atoms with E-state index < -0.39 is 12.2 Å². The molecule has 2 atom stereocenters. The van der Waals surface area contributed by atoms with Crippen LogP contribution in [-0.2, 0) is 20.9 Å². The van der Waals surface area contributed by atoms with E-state index in [0.717, 1.165) is 11.3 Å². The summed E-state index contributed by atoms with van der Waals surface area (Å²) in [4.78, 5) is 35.8. The third-order valence-corrected chi connectivity index (χ3v) is 6.13. The number of likely N-dealkylation sites (N-methyl/N-ethyl adjacent to an activating group) is 2. The van der Waals surface area contributed by atoms with Crippen LogP contribution < -0.4 is 15.0 Å². The van der Waals surface area contributed by atoms with Gasteiger partial charge in [-0.3, -0.25) is 14.3 Å². The van der Waals surface area contributed by atoms with Crippen molar-refractivity contribution in [3.8, 4) is 5.75 Å². The number of amides is 2. The number of aryl methyl sites for hydroxylation is 1. The predicted octanol–water partition coefficient (Wildman–Crippen LogP) is 1.89. The molecule has 12 heteroatoms. The Morgan fingerprint density at radius 3 is 2.78 bits per heavy atom. The first-order valence-corrected chi connectivity index (χ1v) is 11.9. The van der Waals surface area contributed by atoms with E-state index in [9.17, 15) is 14.0 Å². The van der Waals surface area contributed by atoms with E-state index in [1.807, 2.05) is 31.2 Å². The minimum absolute atomic E-state index is 0.0270. The van der Waals surface area contributed by atoms with Crippen molar-refractivity contribution in [2.75, 3.05) is 44.1 Å². The molecule has 3 heterocycles. The maximum atomic E-state index is 13.3. The second kappa shape index (κ2) is 11.8. The number of benzene rings is 1. The molecule has 2 aromatic heterocycles. The lowest BCUT2D eigenvalue weighted by Crippen LogP contribution is -2.34. The number of hydrogen-bond acceptors (Lipinski definition) is 8. The van der Waals surface area contributed by atoms with Gasteiger partial charge in [-0.05, 0) is 25.1 Å². The monoisotopic (exact) mass is 511 g/mol. The van der Waals surface area contributed by atoms with Crippen LogP contribution in [-0.4, -0.2) is 82.5 Å². The molecule has 0 aliphatic carbocycles. The van der Waals surface area contributed by atoms with Crippen LogP contribution >= 0.6 is 0 Å². The van der Waals surface area contributed by atoms with Crippen LogP contribution in [0.4, 0.5) is 15.9 Å². The average Bonchev–Trinajstić information content (AvgIpc) is 3.55. The highest BCUT2D eigenvalue weighted by atomic mass is 19.1. The van der Waals surface area contributed by atoms with E-state index in [2.05, 4.69) is 20.4 Å². The molecule has 1 N–H and O–H groups in total. The Labute approximate surface area is 214 Å². The first-order valence-electron chi connectivity index (χ1n) is 11.9. The maximum Gasteiger partial charge on any atom is 0.310 e. The van der Waals surface area contributed by atoms with Crippen LogP contribution in [0.15, 0.2) is 48.9 Å². The Balaban J connectivity index is 1.21. The minimum atomic E-state index is -0.810. The number of aromatic nitrogens is 4. The third-order valence-electron chi connectivity index (χ3n) is 6.13. The fourth-order valence-corrected chi connectivity index (χ4v) is 3.83. The Bertz CT molecular complexity index is 1220. The van der Waals surface area contributed by atoms with Gasteiger partial charge >= 0.3 is 6.08 Å². The summed E-state index contributed by atoms with van der Waals surface area (Å²) in [5, 5.41) is 6.95. The van der Waals surface area contributed by atoms with Crippen molar-refractivity contribution in [2.24, 2.45) is 0 Å².